The first-order chi connectivity index (χ1) is 6.77. The monoisotopic (exact) mass is 304 g/mol. The lowest BCUT2D eigenvalue weighted by Crippen LogP contribution is -1.97. The van der Waals surface area contributed by atoms with Gasteiger partial charge >= 0.3 is 0 Å². The van der Waals surface area contributed by atoms with Crippen LogP contribution in [0.4, 0.5) is 0 Å². The van der Waals surface area contributed by atoms with Crippen LogP contribution in [0.1, 0.15) is 30.1 Å². The zero-order valence-electron chi connectivity index (χ0n) is 8.13. The van der Waals surface area contributed by atoms with Gasteiger partial charge in [-0.15, -0.1) is 0 Å². The Labute approximate surface area is 97.8 Å². The SMILES string of the molecule is CCCCOc1ccc(I)c(C=O)c1. The molecule has 0 N–H and O–H groups in total. The van der Waals surface area contributed by atoms with E-state index >= 15 is 0 Å². The largest absolute Gasteiger partial charge is 0.494 e. The summed E-state index contributed by atoms with van der Waals surface area (Å²) in [5.74, 6) is 0.779. The van der Waals surface area contributed by atoms with Crippen LogP contribution < -0.4 is 4.74 Å². The zero-order valence-corrected chi connectivity index (χ0v) is 10.3. The van der Waals surface area contributed by atoms with Crippen molar-refractivity contribution in [1.82, 2.24) is 0 Å². The highest BCUT2D eigenvalue weighted by molar-refractivity contribution is 14.1. The van der Waals surface area contributed by atoms with E-state index in [4.69, 9.17) is 4.74 Å². The summed E-state index contributed by atoms with van der Waals surface area (Å²) in [6.07, 6.45) is 3.02. The van der Waals surface area contributed by atoms with Crippen molar-refractivity contribution in [1.29, 1.82) is 0 Å². The molecule has 14 heavy (non-hydrogen) atoms. The molecule has 3 heteroatoms. The highest BCUT2D eigenvalue weighted by Gasteiger charge is 2.00. The second-order valence-corrected chi connectivity index (χ2v) is 4.17. The number of unbranched alkanes of at least 4 members (excludes halogenated alkanes) is 1. The number of rotatable bonds is 5. The van der Waals surface area contributed by atoms with E-state index in [1.54, 1.807) is 6.07 Å². The molecule has 0 aliphatic rings. The summed E-state index contributed by atoms with van der Waals surface area (Å²) in [5.41, 5.74) is 0.694. The van der Waals surface area contributed by atoms with E-state index in [1.165, 1.54) is 0 Å². The molecule has 0 fully saturated rings. The third-order valence-electron chi connectivity index (χ3n) is 1.86. The van der Waals surface area contributed by atoms with E-state index in [-0.39, 0.29) is 0 Å². The van der Waals surface area contributed by atoms with Gasteiger partial charge in [-0.3, -0.25) is 4.79 Å². The Hall–Kier alpha value is -0.580. The molecule has 0 unspecified atom stereocenters. The first-order valence-electron chi connectivity index (χ1n) is 4.65. The average Bonchev–Trinajstić information content (AvgIpc) is 2.21. The van der Waals surface area contributed by atoms with Gasteiger partial charge in [-0.1, -0.05) is 13.3 Å². The molecule has 0 bridgehead atoms. The molecular formula is C11H13IO2. The third kappa shape index (κ3) is 3.29. The molecule has 0 saturated heterocycles. The smallest absolute Gasteiger partial charge is 0.151 e. The number of carbonyl (C=O) groups excluding carboxylic acids is 1. The Balaban J connectivity index is 2.64. The number of carbonyl (C=O) groups is 1. The van der Waals surface area contributed by atoms with Crippen LogP contribution in [0.5, 0.6) is 5.75 Å². The molecule has 1 aromatic carbocycles. The van der Waals surface area contributed by atoms with Crippen LogP contribution in [0.2, 0.25) is 0 Å². The van der Waals surface area contributed by atoms with E-state index in [9.17, 15) is 4.79 Å². The fraction of sp³-hybridized carbons (Fsp3) is 0.364. The summed E-state index contributed by atoms with van der Waals surface area (Å²) < 4.78 is 6.44. The minimum absolute atomic E-state index is 0.694. The van der Waals surface area contributed by atoms with E-state index in [1.807, 2.05) is 12.1 Å². The van der Waals surface area contributed by atoms with Crippen molar-refractivity contribution < 1.29 is 9.53 Å². The van der Waals surface area contributed by atoms with E-state index in [0.29, 0.717) is 5.56 Å². The van der Waals surface area contributed by atoms with Crippen LogP contribution in [0.25, 0.3) is 0 Å². The Kier molecular flexibility index (Phi) is 4.93. The first kappa shape index (κ1) is 11.5. The fourth-order valence-corrected chi connectivity index (χ4v) is 1.50. The summed E-state index contributed by atoms with van der Waals surface area (Å²) in [6, 6.07) is 5.57. The van der Waals surface area contributed by atoms with Gasteiger partial charge in [0, 0.05) is 9.13 Å². The van der Waals surface area contributed by atoms with Crippen LogP contribution >= 0.6 is 22.6 Å². The van der Waals surface area contributed by atoms with Crippen molar-refractivity contribution in [2.24, 2.45) is 0 Å². The predicted molar refractivity (Wildman–Crippen MR) is 64.9 cm³/mol. The molecule has 1 rings (SSSR count). The van der Waals surface area contributed by atoms with E-state index in [2.05, 4.69) is 29.5 Å². The Morgan fingerprint density at radius 2 is 2.29 bits per heavy atom. The standard InChI is InChI=1S/C11H13IO2/c1-2-3-6-14-10-4-5-11(12)9(7-10)8-13/h4-5,7-8H,2-3,6H2,1H3. The maximum absolute atomic E-state index is 10.6. The van der Waals surface area contributed by atoms with Crippen LogP contribution in [-0.4, -0.2) is 12.9 Å². The molecule has 0 aliphatic carbocycles. The molecule has 0 atom stereocenters. The number of halogens is 1. The lowest BCUT2D eigenvalue weighted by Gasteiger charge is -2.06. The summed E-state index contributed by atoms with van der Waals surface area (Å²) >= 11 is 2.14. The van der Waals surface area contributed by atoms with E-state index in [0.717, 1.165) is 35.1 Å². The topological polar surface area (TPSA) is 26.3 Å². The van der Waals surface area contributed by atoms with Gasteiger partial charge in [-0.25, -0.2) is 0 Å². The van der Waals surface area contributed by atoms with Crippen molar-refractivity contribution in [3.63, 3.8) is 0 Å². The highest BCUT2D eigenvalue weighted by atomic mass is 127. The highest BCUT2D eigenvalue weighted by Crippen LogP contribution is 2.18. The fourth-order valence-electron chi connectivity index (χ4n) is 1.04. The minimum Gasteiger partial charge on any atom is -0.494 e. The molecule has 0 aromatic heterocycles. The number of hydrogen-bond donors (Lipinski definition) is 0. The molecule has 0 aliphatic heterocycles. The number of aldehydes is 1. The van der Waals surface area contributed by atoms with Gasteiger partial charge < -0.3 is 4.74 Å². The van der Waals surface area contributed by atoms with Crippen molar-refractivity contribution in [2.75, 3.05) is 6.61 Å². The molecule has 2 nitrogen and oxygen atoms in total. The predicted octanol–water partition coefficient (Wildman–Crippen LogP) is 3.28. The summed E-state index contributed by atoms with van der Waals surface area (Å²) in [7, 11) is 0. The summed E-state index contributed by atoms with van der Waals surface area (Å²) in [4.78, 5) is 10.6. The quantitative estimate of drug-likeness (QED) is 0.474. The van der Waals surface area contributed by atoms with Crippen LogP contribution in [0.3, 0.4) is 0 Å². The van der Waals surface area contributed by atoms with Gasteiger partial charge in [0.25, 0.3) is 0 Å². The molecule has 76 valence electrons. The third-order valence-corrected chi connectivity index (χ3v) is 2.84. The Morgan fingerprint density at radius 1 is 1.50 bits per heavy atom. The second-order valence-electron chi connectivity index (χ2n) is 3.00. The van der Waals surface area contributed by atoms with Crippen molar-refractivity contribution in [2.45, 2.75) is 19.8 Å². The number of hydrogen-bond acceptors (Lipinski definition) is 2. The second kappa shape index (κ2) is 6.01. The lowest BCUT2D eigenvalue weighted by atomic mass is 10.2. The zero-order chi connectivity index (χ0) is 10.4. The van der Waals surface area contributed by atoms with E-state index < -0.39 is 0 Å². The number of benzene rings is 1. The van der Waals surface area contributed by atoms with Gasteiger partial charge in [0.1, 0.15) is 5.75 Å². The molecule has 0 amide bonds. The summed E-state index contributed by atoms with van der Waals surface area (Å²) in [6.45, 7) is 2.84. The van der Waals surface area contributed by atoms with Crippen LogP contribution in [0, 0.1) is 3.57 Å². The van der Waals surface area contributed by atoms with Gasteiger partial charge in [0.2, 0.25) is 0 Å². The molecule has 0 heterocycles. The number of ether oxygens (including phenoxy) is 1. The first-order valence-corrected chi connectivity index (χ1v) is 5.73. The van der Waals surface area contributed by atoms with Gasteiger partial charge in [-0.2, -0.15) is 0 Å². The van der Waals surface area contributed by atoms with Gasteiger partial charge in [0.05, 0.1) is 6.61 Å². The maximum atomic E-state index is 10.6. The van der Waals surface area contributed by atoms with Crippen LogP contribution in [-0.2, 0) is 0 Å². The average molecular weight is 304 g/mol. The molecular weight excluding hydrogens is 291 g/mol. The van der Waals surface area contributed by atoms with Crippen LogP contribution in [0.15, 0.2) is 18.2 Å². The molecule has 1 aromatic rings. The Morgan fingerprint density at radius 3 is 2.93 bits per heavy atom. The normalized spacial score (nSPS) is 9.86. The van der Waals surface area contributed by atoms with Crippen molar-refractivity contribution >= 4 is 28.9 Å². The van der Waals surface area contributed by atoms with Gasteiger partial charge in [-0.05, 0) is 47.2 Å². The lowest BCUT2D eigenvalue weighted by molar-refractivity contribution is 0.112. The molecule has 0 radical (unpaired) electrons. The Bertz CT molecular complexity index is 310. The maximum Gasteiger partial charge on any atom is 0.151 e. The van der Waals surface area contributed by atoms with Crippen molar-refractivity contribution in [3.05, 3.63) is 27.3 Å². The van der Waals surface area contributed by atoms with Gasteiger partial charge in [0.15, 0.2) is 6.29 Å². The minimum atomic E-state index is 0.694. The van der Waals surface area contributed by atoms with Crippen molar-refractivity contribution in [3.8, 4) is 5.75 Å². The summed E-state index contributed by atoms with van der Waals surface area (Å²) in [5, 5.41) is 0. The molecule has 0 spiro atoms. The molecule has 0 saturated carbocycles.